The van der Waals surface area contributed by atoms with Gasteiger partial charge >= 0.3 is 0 Å². The Hall–Kier alpha value is -2.96. The Labute approximate surface area is 152 Å². The molecule has 0 radical (unpaired) electrons. The lowest BCUT2D eigenvalue weighted by Crippen LogP contribution is -2.28. The zero-order valence-electron chi connectivity index (χ0n) is 15.4. The highest BCUT2D eigenvalue weighted by Crippen LogP contribution is 2.16. The summed E-state index contributed by atoms with van der Waals surface area (Å²) in [5.41, 5.74) is 8.86. The minimum Gasteiger partial charge on any atom is -0.368 e. The van der Waals surface area contributed by atoms with Crippen molar-refractivity contribution in [1.29, 1.82) is 0 Å². The van der Waals surface area contributed by atoms with E-state index in [1.54, 1.807) is 6.07 Å². The van der Waals surface area contributed by atoms with E-state index in [0.717, 1.165) is 29.1 Å². The molecule has 2 heterocycles. The highest BCUT2D eigenvalue weighted by molar-refractivity contribution is 5.92. The van der Waals surface area contributed by atoms with Crippen LogP contribution in [0.15, 0.2) is 30.3 Å². The van der Waals surface area contributed by atoms with Gasteiger partial charge in [0.1, 0.15) is 11.5 Å². The summed E-state index contributed by atoms with van der Waals surface area (Å²) in [5.74, 6) is 1.00. The van der Waals surface area contributed by atoms with Crippen LogP contribution in [0.4, 0.5) is 5.95 Å². The van der Waals surface area contributed by atoms with Gasteiger partial charge in [0.05, 0.1) is 11.0 Å². The number of nitrogens with two attached hydrogens (primary N) is 1. The zero-order valence-corrected chi connectivity index (χ0v) is 15.4. The van der Waals surface area contributed by atoms with E-state index in [9.17, 15) is 4.79 Å². The molecule has 0 atom stereocenters. The molecule has 3 aromatic rings. The molecule has 0 spiro atoms. The lowest BCUT2D eigenvalue weighted by Gasteiger charge is -2.09. The van der Waals surface area contributed by atoms with Crippen LogP contribution in [0.2, 0.25) is 0 Å². The van der Waals surface area contributed by atoms with Gasteiger partial charge in [-0.3, -0.25) is 4.79 Å². The van der Waals surface area contributed by atoms with Gasteiger partial charge in [0, 0.05) is 25.2 Å². The molecule has 0 saturated heterocycles. The number of nitrogen functional groups attached to an aromatic ring is 1. The van der Waals surface area contributed by atoms with Crippen LogP contribution in [-0.2, 0) is 13.0 Å². The van der Waals surface area contributed by atoms with Crippen molar-refractivity contribution in [1.82, 2.24) is 24.8 Å². The molecule has 0 unspecified atom stereocenters. The number of aromatic nitrogens is 4. The maximum atomic E-state index is 12.4. The summed E-state index contributed by atoms with van der Waals surface area (Å²) < 4.78 is 2.17. The Morgan fingerprint density at radius 2 is 2.00 bits per heavy atom. The van der Waals surface area contributed by atoms with Crippen LogP contribution in [0, 0.1) is 0 Å². The van der Waals surface area contributed by atoms with Gasteiger partial charge < -0.3 is 15.6 Å². The largest absolute Gasteiger partial charge is 0.368 e. The summed E-state index contributed by atoms with van der Waals surface area (Å²) in [4.78, 5) is 25.3. The number of imidazole rings is 1. The fraction of sp³-hybridized carbons (Fsp3) is 0.368. The SMILES string of the molecule is CCn1c(CCNC(=O)c2cc(C(C)C)nc(N)n2)nc2ccccc21. The first kappa shape index (κ1) is 17.8. The topological polar surface area (TPSA) is 98.7 Å². The molecule has 0 bridgehead atoms. The molecule has 1 amide bonds. The second-order valence-electron chi connectivity index (χ2n) is 6.46. The van der Waals surface area contributed by atoms with Crippen molar-refractivity contribution < 1.29 is 4.79 Å². The number of nitrogens with zero attached hydrogens (tertiary/aromatic N) is 4. The Morgan fingerprint density at radius 1 is 1.23 bits per heavy atom. The fourth-order valence-corrected chi connectivity index (χ4v) is 2.94. The van der Waals surface area contributed by atoms with Crippen molar-refractivity contribution in [3.05, 3.63) is 47.5 Å². The number of benzene rings is 1. The van der Waals surface area contributed by atoms with Crippen molar-refractivity contribution in [2.24, 2.45) is 0 Å². The van der Waals surface area contributed by atoms with Crippen molar-refractivity contribution in [2.75, 3.05) is 12.3 Å². The lowest BCUT2D eigenvalue weighted by atomic mass is 10.1. The van der Waals surface area contributed by atoms with E-state index in [4.69, 9.17) is 5.73 Å². The number of carbonyl (C=O) groups is 1. The predicted octanol–water partition coefficient (Wildman–Crippen LogP) is 2.52. The molecule has 7 heteroatoms. The molecule has 0 aliphatic heterocycles. The third kappa shape index (κ3) is 3.66. The quantitative estimate of drug-likeness (QED) is 0.710. The lowest BCUT2D eigenvalue weighted by molar-refractivity contribution is 0.0948. The van der Waals surface area contributed by atoms with E-state index in [0.29, 0.717) is 18.7 Å². The van der Waals surface area contributed by atoms with Gasteiger partial charge in [-0.1, -0.05) is 26.0 Å². The third-order valence-corrected chi connectivity index (χ3v) is 4.27. The first-order chi connectivity index (χ1) is 12.5. The van der Waals surface area contributed by atoms with Crippen LogP contribution in [-0.4, -0.2) is 32.0 Å². The van der Waals surface area contributed by atoms with Gasteiger partial charge in [0.25, 0.3) is 5.91 Å². The monoisotopic (exact) mass is 352 g/mol. The number of hydrogen-bond donors (Lipinski definition) is 2. The number of fused-ring (bicyclic) bond motifs is 1. The molecule has 3 N–H and O–H groups in total. The van der Waals surface area contributed by atoms with Crippen molar-refractivity contribution in [3.8, 4) is 0 Å². The molecule has 2 aromatic heterocycles. The number of rotatable bonds is 6. The van der Waals surface area contributed by atoms with E-state index in [2.05, 4.69) is 37.8 Å². The zero-order chi connectivity index (χ0) is 18.7. The van der Waals surface area contributed by atoms with Crippen LogP contribution in [0.1, 0.15) is 48.7 Å². The summed E-state index contributed by atoms with van der Waals surface area (Å²) in [7, 11) is 0. The molecular formula is C19H24N6O. The van der Waals surface area contributed by atoms with Crippen LogP contribution in [0.5, 0.6) is 0 Å². The van der Waals surface area contributed by atoms with Crippen molar-refractivity contribution in [3.63, 3.8) is 0 Å². The molecule has 7 nitrogen and oxygen atoms in total. The molecule has 0 aliphatic carbocycles. The van der Waals surface area contributed by atoms with Gasteiger partial charge in [-0.25, -0.2) is 15.0 Å². The average molecular weight is 352 g/mol. The average Bonchev–Trinajstić information content (AvgIpc) is 2.98. The maximum absolute atomic E-state index is 12.4. The fourth-order valence-electron chi connectivity index (χ4n) is 2.94. The number of hydrogen-bond acceptors (Lipinski definition) is 5. The summed E-state index contributed by atoms with van der Waals surface area (Å²) in [6, 6.07) is 9.74. The summed E-state index contributed by atoms with van der Waals surface area (Å²) in [5, 5.41) is 2.90. The van der Waals surface area contributed by atoms with Gasteiger partial charge in [-0.15, -0.1) is 0 Å². The Kier molecular flexibility index (Phi) is 5.16. The third-order valence-electron chi connectivity index (χ3n) is 4.27. The Balaban J connectivity index is 1.69. The molecule has 3 rings (SSSR count). The maximum Gasteiger partial charge on any atom is 0.270 e. The van der Waals surface area contributed by atoms with Gasteiger partial charge in [-0.2, -0.15) is 0 Å². The molecular weight excluding hydrogens is 328 g/mol. The smallest absolute Gasteiger partial charge is 0.270 e. The van der Waals surface area contributed by atoms with Crippen LogP contribution >= 0.6 is 0 Å². The minimum atomic E-state index is -0.250. The number of nitrogens with one attached hydrogen (secondary N) is 1. The first-order valence-corrected chi connectivity index (χ1v) is 8.86. The molecule has 0 fully saturated rings. The first-order valence-electron chi connectivity index (χ1n) is 8.86. The second-order valence-corrected chi connectivity index (χ2v) is 6.46. The summed E-state index contributed by atoms with van der Waals surface area (Å²) >= 11 is 0. The molecule has 0 aliphatic rings. The molecule has 1 aromatic carbocycles. The normalized spacial score (nSPS) is 11.2. The van der Waals surface area contributed by atoms with Crippen LogP contribution < -0.4 is 11.1 Å². The number of amides is 1. The number of anilines is 1. The van der Waals surface area contributed by atoms with Crippen molar-refractivity contribution in [2.45, 2.75) is 39.7 Å². The number of aryl methyl sites for hydroxylation is 1. The van der Waals surface area contributed by atoms with Crippen LogP contribution in [0.25, 0.3) is 11.0 Å². The number of carbonyl (C=O) groups excluding carboxylic acids is 1. The Bertz CT molecular complexity index is 931. The molecule has 26 heavy (non-hydrogen) atoms. The van der Waals surface area contributed by atoms with E-state index in [1.165, 1.54) is 0 Å². The van der Waals surface area contributed by atoms with E-state index >= 15 is 0 Å². The molecule has 136 valence electrons. The van der Waals surface area contributed by atoms with Gasteiger partial charge in [-0.05, 0) is 31.0 Å². The van der Waals surface area contributed by atoms with E-state index in [1.807, 2.05) is 32.0 Å². The highest BCUT2D eigenvalue weighted by atomic mass is 16.1. The molecule has 0 saturated carbocycles. The van der Waals surface area contributed by atoms with E-state index < -0.39 is 0 Å². The number of para-hydroxylation sites is 2. The van der Waals surface area contributed by atoms with Gasteiger partial charge in [0.15, 0.2) is 0 Å². The predicted molar refractivity (Wildman–Crippen MR) is 102 cm³/mol. The second kappa shape index (κ2) is 7.51. The van der Waals surface area contributed by atoms with Gasteiger partial charge in [0.2, 0.25) is 5.95 Å². The Morgan fingerprint density at radius 3 is 2.73 bits per heavy atom. The van der Waals surface area contributed by atoms with E-state index in [-0.39, 0.29) is 17.8 Å². The van der Waals surface area contributed by atoms with Crippen molar-refractivity contribution >= 4 is 22.9 Å². The highest BCUT2D eigenvalue weighted by Gasteiger charge is 2.13. The summed E-state index contributed by atoms with van der Waals surface area (Å²) in [6.45, 7) is 7.40. The summed E-state index contributed by atoms with van der Waals surface area (Å²) in [6.07, 6.45) is 0.645. The van der Waals surface area contributed by atoms with Crippen LogP contribution in [0.3, 0.4) is 0 Å². The minimum absolute atomic E-state index is 0.120. The standard InChI is InChI=1S/C19H24N6O/c1-4-25-16-8-6-5-7-13(16)22-17(25)9-10-21-18(26)15-11-14(12(2)3)23-19(20)24-15/h5-8,11-12H,4,9-10H2,1-3H3,(H,21,26)(H2,20,23,24).